The van der Waals surface area contributed by atoms with Crippen molar-refractivity contribution in [3.8, 4) is 0 Å². The second kappa shape index (κ2) is 10.8. The fourth-order valence-corrected chi connectivity index (χ4v) is 5.41. The van der Waals surface area contributed by atoms with E-state index in [2.05, 4.69) is 0 Å². The molecule has 0 bridgehead atoms. The summed E-state index contributed by atoms with van der Waals surface area (Å²) in [5, 5.41) is 31.9. The first-order valence-electron chi connectivity index (χ1n) is 13.1. The van der Waals surface area contributed by atoms with Crippen LogP contribution in [-0.4, -0.2) is 45.4 Å². The van der Waals surface area contributed by atoms with Gasteiger partial charge in [0.2, 0.25) is 11.6 Å². The van der Waals surface area contributed by atoms with Crippen LogP contribution < -0.4 is 0 Å². The van der Waals surface area contributed by atoms with Crippen LogP contribution in [0.2, 0.25) is 0 Å². The molecule has 8 nitrogen and oxygen atoms in total. The Morgan fingerprint density at radius 2 is 1.43 bits per heavy atom. The summed E-state index contributed by atoms with van der Waals surface area (Å²) in [4.78, 5) is 12.8. The van der Waals surface area contributed by atoms with Crippen molar-refractivity contribution in [3.63, 3.8) is 0 Å². The average Bonchev–Trinajstić information content (AvgIpc) is 2.88. The molecule has 2 aliphatic carbocycles. The van der Waals surface area contributed by atoms with E-state index in [9.17, 15) is 20.1 Å². The molecule has 5 rings (SSSR count). The summed E-state index contributed by atoms with van der Waals surface area (Å²) in [6.45, 7) is 0. The van der Waals surface area contributed by atoms with Crippen molar-refractivity contribution in [2.24, 2.45) is 0 Å². The van der Waals surface area contributed by atoms with Crippen LogP contribution in [0.4, 0.5) is 0 Å². The third kappa shape index (κ3) is 5.67. The molecule has 2 heterocycles. The van der Waals surface area contributed by atoms with Crippen molar-refractivity contribution in [2.75, 3.05) is 0 Å². The van der Waals surface area contributed by atoms with Crippen LogP contribution in [0.25, 0.3) is 5.57 Å². The molecular formula is C29H34O8. The lowest BCUT2D eigenvalue weighted by molar-refractivity contribution is -0.315. The van der Waals surface area contributed by atoms with Gasteiger partial charge in [-0.25, -0.2) is 4.79 Å². The van der Waals surface area contributed by atoms with E-state index in [0.717, 1.165) is 44.1 Å². The van der Waals surface area contributed by atoms with E-state index in [-0.39, 0.29) is 17.1 Å². The zero-order valence-electron chi connectivity index (χ0n) is 20.8. The molecule has 1 aromatic rings. The lowest BCUT2D eigenvalue weighted by atomic mass is 9.93. The molecular weight excluding hydrogens is 476 g/mol. The van der Waals surface area contributed by atoms with Crippen LogP contribution in [0.15, 0.2) is 71.7 Å². The predicted octanol–water partition coefficient (Wildman–Crippen LogP) is 4.90. The van der Waals surface area contributed by atoms with E-state index in [1.54, 1.807) is 12.2 Å². The molecule has 2 unspecified atom stereocenters. The number of rotatable bonds is 4. The number of carbonyl (C=O) groups is 1. The number of benzene rings is 1. The summed E-state index contributed by atoms with van der Waals surface area (Å²) < 4.78 is 22.9. The summed E-state index contributed by atoms with van der Waals surface area (Å²) in [6.07, 6.45) is 11.6. The van der Waals surface area contributed by atoms with Crippen LogP contribution >= 0.6 is 0 Å². The molecule has 1 aromatic carbocycles. The Bertz CT molecular complexity index is 1100. The van der Waals surface area contributed by atoms with Gasteiger partial charge in [0.05, 0.1) is 11.1 Å². The molecule has 198 valence electrons. The maximum absolute atomic E-state index is 12.8. The summed E-state index contributed by atoms with van der Waals surface area (Å²) >= 11 is 0. The smallest absolute Gasteiger partial charge is 0.341 e. The minimum Gasteiger partial charge on any atom is -0.481 e. The normalized spacial score (nSPS) is 29.1. The summed E-state index contributed by atoms with van der Waals surface area (Å²) in [5.41, 5.74) is 1.57. The van der Waals surface area contributed by atoms with Crippen molar-refractivity contribution in [2.45, 2.75) is 88.4 Å². The van der Waals surface area contributed by atoms with Gasteiger partial charge in [-0.2, -0.15) is 0 Å². The number of esters is 1. The number of aliphatic hydroxyl groups is 3. The van der Waals surface area contributed by atoms with Crippen molar-refractivity contribution >= 4 is 11.5 Å². The van der Waals surface area contributed by atoms with Gasteiger partial charge in [0.1, 0.15) is 0 Å². The molecule has 0 radical (unpaired) electrons. The highest BCUT2D eigenvalue weighted by molar-refractivity contribution is 5.91. The first kappa shape index (κ1) is 25.7. The van der Waals surface area contributed by atoms with Crippen molar-refractivity contribution in [1.82, 2.24) is 0 Å². The van der Waals surface area contributed by atoms with Gasteiger partial charge in [-0.15, -0.1) is 0 Å². The number of carbonyl (C=O) groups excluding carboxylic acids is 1. The van der Waals surface area contributed by atoms with Crippen molar-refractivity contribution in [3.05, 3.63) is 77.3 Å². The van der Waals surface area contributed by atoms with E-state index in [1.807, 2.05) is 30.3 Å². The number of hydrogen-bond donors (Lipinski definition) is 3. The van der Waals surface area contributed by atoms with Crippen LogP contribution in [-0.2, 0) is 23.7 Å². The highest BCUT2D eigenvalue weighted by Crippen LogP contribution is 2.40. The fourth-order valence-electron chi connectivity index (χ4n) is 5.41. The first-order valence-corrected chi connectivity index (χ1v) is 13.1. The highest BCUT2D eigenvalue weighted by atomic mass is 16.8. The molecule has 0 aromatic heterocycles. The highest BCUT2D eigenvalue weighted by Gasteiger charge is 2.46. The third-order valence-electron chi connectivity index (χ3n) is 7.45. The Morgan fingerprint density at radius 3 is 2.03 bits per heavy atom. The molecule has 4 aliphatic rings. The summed E-state index contributed by atoms with van der Waals surface area (Å²) in [6, 6.07) is 9.39. The van der Waals surface area contributed by atoms with Crippen LogP contribution in [0.1, 0.15) is 69.8 Å². The maximum Gasteiger partial charge on any atom is 0.341 e. The molecule has 3 N–H and O–H groups in total. The molecule has 2 aliphatic heterocycles. The van der Waals surface area contributed by atoms with E-state index in [4.69, 9.17) is 18.9 Å². The monoisotopic (exact) mass is 510 g/mol. The topological polar surface area (TPSA) is 115 Å². The van der Waals surface area contributed by atoms with Crippen LogP contribution in [0.3, 0.4) is 0 Å². The summed E-state index contributed by atoms with van der Waals surface area (Å²) in [7, 11) is 0. The molecule has 3 fully saturated rings. The largest absolute Gasteiger partial charge is 0.481 e. The number of hydrogen-bond acceptors (Lipinski definition) is 8. The standard InChI is InChI=1S/C29H34O8/c30-24-22(25(31)35-28(34-24)16-6-2-7-17-28)14-12-21(20-10-4-1-5-11-20)13-15-23-26(32)36-29(37-27(23)33)18-8-3-9-19-29/h1,4-5,10-15,24,26,30-32H,2-3,6-9,16-19H2/b14-12+,21-13-,23-15+. The molecule has 2 saturated carbocycles. The number of aliphatic hydroxyl groups excluding tert-OH is 3. The van der Waals surface area contributed by atoms with E-state index < -0.39 is 30.1 Å². The van der Waals surface area contributed by atoms with Gasteiger partial charge in [-0.3, -0.25) is 0 Å². The van der Waals surface area contributed by atoms with Gasteiger partial charge in [0.25, 0.3) is 5.95 Å². The van der Waals surface area contributed by atoms with Gasteiger partial charge in [-0.05, 0) is 49.0 Å². The van der Waals surface area contributed by atoms with Crippen molar-refractivity contribution in [1.29, 1.82) is 0 Å². The zero-order valence-corrected chi connectivity index (χ0v) is 20.8. The third-order valence-corrected chi connectivity index (χ3v) is 7.45. The van der Waals surface area contributed by atoms with Gasteiger partial charge in [-0.1, -0.05) is 55.3 Å². The minimum absolute atomic E-state index is 0.00343. The molecule has 2 atom stereocenters. The SMILES string of the molecule is O=C1OC2(CCCCC2)OC(O)\C1=C/C=C(/C=C/C1=C(O)OC2(CCCCC2)OC1O)c1ccccc1. The van der Waals surface area contributed by atoms with Gasteiger partial charge < -0.3 is 34.3 Å². The van der Waals surface area contributed by atoms with E-state index >= 15 is 0 Å². The van der Waals surface area contributed by atoms with Crippen LogP contribution in [0, 0.1) is 0 Å². The minimum atomic E-state index is -1.39. The Kier molecular flexibility index (Phi) is 7.53. The summed E-state index contributed by atoms with van der Waals surface area (Å²) in [5.74, 6) is -3.00. The van der Waals surface area contributed by atoms with Gasteiger partial charge in [0.15, 0.2) is 12.6 Å². The molecule has 0 amide bonds. The van der Waals surface area contributed by atoms with Crippen LogP contribution in [0.5, 0.6) is 0 Å². The molecule has 2 spiro atoms. The Morgan fingerprint density at radius 1 is 0.838 bits per heavy atom. The van der Waals surface area contributed by atoms with Gasteiger partial charge in [0, 0.05) is 25.7 Å². The molecule has 37 heavy (non-hydrogen) atoms. The first-order chi connectivity index (χ1) is 17.9. The lowest BCUT2D eigenvalue weighted by Crippen LogP contribution is -2.49. The second-order valence-electron chi connectivity index (χ2n) is 10.1. The Hall–Kier alpha value is -2.91. The second-order valence-corrected chi connectivity index (χ2v) is 10.1. The Balaban J connectivity index is 1.40. The van der Waals surface area contributed by atoms with E-state index in [0.29, 0.717) is 31.3 Å². The van der Waals surface area contributed by atoms with E-state index in [1.165, 1.54) is 12.2 Å². The average molecular weight is 511 g/mol. The lowest BCUT2D eigenvalue weighted by Gasteiger charge is -2.41. The Labute approximate surface area is 216 Å². The molecule has 8 heteroatoms. The number of allylic oxidation sites excluding steroid dienone is 4. The quantitative estimate of drug-likeness (QED) is 0.298. The fraction of sp³-hybridized carbons (Fsp3) is 0.483. The molecule has 1 saturated heterocycles. The maximum atomic E-state index is 12.8. The number of ether oxygens (including phenoxy) is 4. The van der Waals surface area contributed by atoms with Crippen molar-refractivity contribution < 1.29 is 39.1 Å². The van der Waals surface area contributed by atoms with Gasteiger partial charge >= 0.3 is 5.97 Å². The zero-order chi connectivity index (χ0) is 25.9. The predicted molar refractivity (Wildman–Crippen MR) is 134 cm³/mol.